The van der Waals surface area contributed by atoms with Crippen LogP contribution in [0.2, 0.25) is 0 Å². The maximum absolute atomic E-state index is 13.3. The lowest BCUT2D eigenvalue weighted by atomic mass is 9.96. The fraction of sp³-hybridized carbons (Fsp3) is 0.500. The molecular formula is C14H15F3N2O6S. The molecule has 2 atom stereocenters. The van der Waals surface area contributed by atoms with Gasteiger partial charge in [-0.2, -0.15) is 17.5 Å². The van der Waals surface area contributed by atoms with Gasteiger partial charge in [0.1, 0.15) is 0 Å². The van der Waals surface area contributed by atoms with E-state index in [4.69, 9.17) is 5.11 Å². The second kappa shape index (κ2) is 6.83. The number of carbonyl (C=O) groups is 1. The van der Waals surface area contributed by atoms with Gasteiger partial charge in [-0.25, -0.2) is 8.42 Å². The van der Waals surface area contributed by atoms with E-state index in [2.05, 4.69) is 0 Å². The monoisotopic (exact) mass is 396 g/mol. The first-order valence-corrected chi connectivity index (χ1v) is 8.90. The molecule has 0 spiro atoms. The quantitative estimate of drug-likeness (QED) is 0.617. The number of non-ortho nitro benzene ring substituents is 1. The third kappa shape index (κ3) is 3.80. The Hall–Kier alpha value is -2.21. The molecule has 1 heterocycles. The summed E-state index contributed by atoms with van der Waals surface area (Å²) in [7, 11) is -4.71. The van der Waals surface area contributed by atoms with Crippen LogP contribution in [0.25, 0.3) is 0 Å². The van der Waals surface area contributed by atoms with Crippen LogP contribution in [0.4, 0.5) is 18.9 Å². The molecule has 0 saturated carbocycles. The van der Waals surface area contributed by atoms with Crippen LogP contribution in [-0.2, 0) is 21.0 Å². The van der Waals surface area contributed by atoms with Crippen LogP contribution in [0.1, 0.15) is 25.3 Å². The molecule has 1 N–H and O–H groups in total. The van der Waals surface area contributed by atoms with Crippen LogP contribution in [0.3, 0.4) is 0 Å². The smallest absolute Gasteiger partial charge is 0.417 e. The van der Waals surface area contributed by atoms with Crippen molar-refractivity contribution in [1.82, 2.24) is 4.31 Å². The van der Waals surface area contributed by atoms with Gasteiger partial charge in [0.05, 0.1) is 21.3 Å². The Morgan fingerprint density at radius 3 is 2.46 bits per heavy atom. The average Bonchev–Trinajstić information content (AvgIpc) is 2.53. The number of carboxylic acid groups (broad SMARTS) is 1. The Morgan fingerprint density at radius 1 is 1.35 bits per heavy atom. The van der Waals surface area contributed by atoms with E-state index < -0.39 is 61.7 Å². The van der Waals surface area contributed by atoms with E-state index in [1.165, 1.54) is 6.92 Å². The molecule has 144 valence electrons. The van der Waals surface area contributed by atoms with Crippen molar-refractivity contribution in [2.24, 2.45) is 5.92 Å². The zero-order valence-electron chi connectivity index (χ0n) is 13.4. The van der Waals surface area contributed by atoms with Crippen molar-refractivity contribution >= 4 is 21.7 Å². The molecule has 1 aliphatic heterocycles. The van der Waals surface area contributed by atoms with E-state index in [0.29, 0.717) is 16.4 Å². The Kier molecular flexibility index (Phi) is 5.29. The van der Waals surface area contributed by atoms with Crippen LogP contribution in [0, 0.1) is 16.0 Å². The van der Waals surface area contributed by atoms with E-state index in [0.717, 1.165) is 0 Å². The van der Waals surface area contributed by atoms with Gasteiger partial charge < -0.3 is 5.11 Å². The minimum atomic E-state index is -5.14. The number of hydrogen-bond acceptors (Lipinski definition) is 5. The first kappa shape index (κ1) is 20.1. The maximum atomic E-state index is 13.3. The van der Waals surface area contributed by atoms with Crippen molar-refractivity contribution in [1.29, 1.82) is 0 Å². The number of sulfonamides is 1. The number of carboxylic acids is 1. The molecule has 0 bridgehead atoms. The average molecular weight is 396 g/mol. The normalized spacial score (nSPS) is 22.2. The van der Waals surface area contributed by atoms with Crippen molar-refractivity contribution in [3.05, 3.63) is 33.9 Å². The molecule has 26 heavy (non-hydrogen) atoms. The van der Waals surface area contributed by atoms with Crippen LogP contribution in [-0.4, -0.2) is 41.3 Å². The maximum Gasteiger partial charge on any atom is 0.417 e. The molecule has 0 radical (unpaired) electrons. The van der Waals surface area contributed by atoms with Crippen LogP contribution in [0.5, 0.6) is 0 Å². The second-order valence-electron chi connectivity index (χ2n) is 5.97. The topological polar surface area (TPSA) is 118 Å². The van der Waals surface area contributed by atoms with Crippen LogP contribution >= 0.6 is 0 Å². The molecular weight excluding hydrogens is 381 g/mol. The number of nitrogens with zero attached hydrogens (tertiary/aromatic N) is 2. The van der Waals surface area contributed by atoms with Crippen molar-refractivity contribution in [2.45, 2.75) is 36.9 Å². The summed E-state index contributed by atoms with van der Waals surface area (Å²) in [5, 5.41) is 19.8. The van der Waals surface area contributed by atoms with Crippen molar-refractivity contribution in [3.8, 4) is 0 Å². The number of hydrogen-bond donors (Lipinski definition) is 1. The molecule has 1 aromatic rings. The van der Waals surface area contributed by atoms with Gasteiger partial charge in [-0.1, -0.05) is 0 Å². The molecule has 8 nitrogen and oxygen atoms in total. The summed E-state index contributed by atoms with van der Waals surface area (Å²) in [5.74, 6) is -2.27. The lowest BCUT2D eigenvalue weighted by Gasteiger charge is -2.35. The minimum absolute atomic E-state index is 0.163. The fourth-order valence-corrected chi connectivity index (χ4v) is 4.72. The Bertz CT molecular complexity index is 840. The molecule has 0 aromatic heterocycles. The van der Waals surface area contributed by atoms with Crippen molar-refractivity contribution in [2.75, 3.05) is 6.54 Å². The van der Waals surface area contributed by atoms with Crippen molar-refractivity contribution in [3.63, 3.8) is 0 Å². The molecule has 1 fully saturated rings. The standard InChI is InChI=1S/C14H15F3N2O6S/c1-8-2-3-9(13(20)21)7-18(8)26(24,25)12-5-4-10(19(22)23)6-11(12)14(15,16)17/h4-6,8-9H,2-3,7H2,1H3,(H,20,21). The predicted octanol–water partition coefficient (Wildman–Crippen LogP) is 2.49. The number of aliphatic carboxylic acids is 1. The second-order valence-corrected chi connectivity index (χ2v) is 7.83. The number of alkyl halides is 3. The molecule has 0 amide bonds. The molecule has 1 aromatic carbocycles. The van der Waals surface area contributed by atoms with Gasteiger partial charge in [0.2, 0.25) is 10.0 Å². The molecule has 1 aliphatic rings. The fourth-order valence-electron chi connectivity index (χ4n) is 2.82. The minimum Gasteiger partial charge on any atom is -0.481 e. The zero-order valence-corrected chi connectivity index (χ0v) is 14.2. The van der Waals surface area contributed by atoms with Gasteiger partial charge in [-0.05, 0) is 25.8 Å². The number of piperidine rings is 1. The summed E-state index contributed by atoms with van der Waals surface area (Å²) in [6.45, 7) is 1.00. The van der Waals surface area contributed by atoms with E-state index in [1.54, 1.807) is 0 Å². The van der Waals surface area contributed by atoms with Gasteiger partial charge >= 0.3 is 12.1 Å². The summed E-state index contributed by atoms with van der Waals surface area (Å²) >= 11 is 0. The Balaban J connectivity index is 2.57. The van der Waals surface area contributed by atoms with Gasteiger partial charge in [0, 0.05) is 24.7 Å². The molecule has 12 heteroatoms. The molecule has 1 saturated heterocycles. The zero-order chi connectivity index (χ0) is 19.9. The Morgan fingerprint density at radius 2 is 1.96 bits per heavy atom. The van der Waals surface area contributed by atoms with E-state index in [-0.39, 0.29) is 18.9 Å². The SMILES string of the molecule is CC1CCC(C(=O)O)CN1S(=O)(=O)c1ccc([N+](=O)[O-])cc1C(F)(F)F. The Labute approximate surface area is 146 Å². The summed E-state index contributed by atoms with van der Waals surface area (Å²) in [6, 6.07) is 0.668. The predicted molar refractivity (Wildman–Crippen MR) is 81.8 cm³/mol. The van der Waals surface area contributed by atoms with Gasteiger partial charge in [0.15, 0.2) is 0 Å². The lowest BCUT2D eigenvalue weighted by molar-refractivity contribution is -0.385. The number of nitro benzene ring substituents is 1. The number of rotatable bonds is 4. The van der Waals surface area contributed by atoms with Crippen LogP contribution in [0.15, 0.2) is 23.1 Å². The number of benzene rings is 1. The van der Waals surface area contributed by atoms with Gasteiger partial charge in [-0.3, -0.25) is 14.9 Å². The van der Waals surface area contributed by atoms with E-state index in [9.17, 15) is 36.5 Å². The number of halogens is 3. The lowest BCUT2D eigenvalue weighted by Crippen LogP contribution is -2.47. The first-order valence-electron chi connectivity index (χ1n) is 7.46. The first-order chi connectivity index (χ1) is 11.9. The van der Waals surface area contributed by atoms with Gasteiger partial charge in [0.25, 0.3) is 5.69 Å². The summed E-state index contributed by atoms with van der Waals surface area (Å²) in [6.07, 6.45) is -4.76. The molecule has 0 aliphatic carbocycles. The molecule has 2 rings (SSSR count). The van der Waals surface area contributed by atoms with E-state index >= 15 is 0 Å². The van der Waals surface area contributed by atoms with Crippen molar-refractivity contribution < 1.29 is 36.4 Å². The highest BCUT2D eigenvalue weighted by molar-refractivity contribution is 7.89. The summed E-state index contributed by atoms with van der Waals surface area (Å²) < 4.78 is 66.1. The number of nitro groups is 1. The highest BCUT2D eigenvalue weighted by atomic mass is 32.2. The highest BCUT2D eigenvalue weighted by Gasteiger charge is 2.43. The highest BCUT2D eigenvalue weighted by Crippen LogP contribution is 2.39. The summed E-state index contributed by atoms with van der Waals surface area (Å²) in [4.78, 5) is 19.7. The van der Waals surface area contributed by atoms with Gasteiger partial charge in [-0.15, -0.1) is 0 Å². The molecule has 2 unspecified atom stereocenters. The van der Waals surface area contributed by atoms with Crippen LogP contribution < -0.4 is 0 Å². The largest absolute Gasteiger partial charge is 0.481 e. The van der Waals surface area contributed by atoms with E-state index in [1.807, 2.05) is 0 Å². The third-order valence-corrected chi connectivity index (χ3v) is 6.28. The third-order valence-electron chi connectivity index (χ3n) is 4.24. The summed E-state index contributed by atoms with van der Waals surface area (Å²) in [5.41, 5.74) is -2.55.